The molecule has 260 valence electrons. The fourth-order valence-electron chi connectivity index (χ4n) is 9.28. The molecule has 55 heavy (non-hydrogen) atoms. The molecular formula is C53H38N2. The minimum atomic E-state index is -0.109. The highest BCUT2D eigenvalue weighted by Crippen LogP contribution is 2.51. The molecule has 2 heteroatoms. The number of fused-ring (bicyclic) bond motifs is 9. The van der Waals surface area contributed by atoms with Crippen molar-refractivity contribution in [2.75, 3.05) is 4.90 Å². The molecule has 0 saturated heterocycles. The van der Waals surface area contributed by atoms with Gasteiger partial charge in [-0.2, -0.15) is 0 Å². The second-order valence-corrected chi connectivity index (χ2v) is 15.4. The van der Waals surface area contributed by atoms with E-state index in [1.54, 1.807) is 0 Å². The van der Waals surface area contributed by atoms with E-state index in [1.165, 1.54) is 82.4 Å². The van der Waals surface area contributed by atoms with Crippen molar-refractivity contribution in [2.24, 2.45) is 0 Å². The molecule has 11 rings (SSSR count). The first-order valence-electron chi connectivity index (χ1n) is 19.2. The average molecular weight is 703 g/mol. The van der Waals surface area contributed by atoms with Crippen LogP contribution in [0.1, 0.15) is 25.0 Å². The van der Waals surface area contributed by atoms with E-state index in [4.69, 9.17) is 0 Å². The molecule has 0 amide bonds. The van der Waals surface area contributed by atoms with Crippen LogP contribution >= 0.6 is 0 Å². The summed E-state index contributed by atoms with van der Waals surface area (Å²) >= 11 is 0. The topological polar surface area (TPSA) is 8.17 Å². The van der Waals surface area contributed by atoms with E-state index in [-0.39, 0.29) is 5.41 Å². The number of benzene rings is 9. The van der Waals surface area contributed by atoms with Crippen LogP contribution in [0.15, 0.2) is 194 Å². The summed E-state index contributed by atoms with van der Waals surface area (Å²) in [4.78, 5) is 2.46. The zero-order chi connectivity index (χ0) is 36.7. The Balaban J connectivity index is 1.14. The highest BCUT2D eigenvalue weighted by Gasteiger charge is 2.35. The van der Waals surface area contributed by atoms with E-state index in [1.807, 2.05) is 0 Å². The third-order valence-corrected chi connectivity index (χ3v) is 12.0. The maximum atomic E-state index is 2.46. The summed E-state index contributed by atoms with van der Waals surface area (Å²) in [6, 6.07) is 71.4. The van der Waals surface area contributed by atoms with E-state index in [9.17, 15) is 0 Å². The molecule has 0 saturated carbocycles. The Kier molecular flexibility index (Phi) is 6.93. The molecule has 1 heterocycles. The van der Waals surface area contributed by atoms with Crippen molar-refractivity contribution in [1.82, 2.24) is 4.57 Å². The maximum Gasteiger partial charge on any atom is 0.0547 e. The highest BCUT2D eigenvalue weighted by atomic mass is 15.1. The molecule has 0 spiro atoms. The predicted octanol–water partition coefficient (Wildman–Crippen LogP) is 14.5. The van der Waals surface area contributed by atoms with Gasteiger partial charge in [-0.1, -0.05) is 147 Å². The first-order valence-corrected chi connectivity index (χ1v) is 19.2. The van der Waals surface area contributed by atoms with Crippen LogP contribution in [0.4, 0.5) is 17.1 Å². The first kappa shape index (κ1) is 31.6. The van der Waals surface area contributed by atoms with E-state index < -0.39 is 0 Å². The van der Waals surface area contributed by atoms with Crippen molar-refractivity contribution in [2.45, 2.75) is 19.3 Å². The van der Waals surface area contributed by atoms with Gasteiger partial charge in [0, 0.05) is 38.6 Å². The molecule has 0 unspecified atom stereocenters. The van der Waals surface area contributed by atoms with Crippen LogP contribution in [0.5, 0.6) is 0 Å². The van der Waals surface area contributed by atoms with Crippen LogP contribution in [0.2, 0.25) is 0 Å². The Hall–Kier alpha value is -6.90. The molecular weight excluding hydrogens is 665 g/mol. The standard InChI is InChI=1S/C53H38N2/c1-53(2)48-21-11-9-18-42(48)43-31-29-40(33-49(43)53)54(39-27-24-36(25-28-39)35-14-5-3-6-15-35)50-23-13-20-41-45(50)30-26-37-32-47-44-19-10-12-22-51(44)55(52(47)34-46(37)41)38-16-7-4-8-17-38/h3-34H,1-2H3. The minimum Gasteiger partial charge on any atom is -0.310 e. The minimum absolute atomic E-state index is 0.109. The molecule has 2 nitrogen and oxygen atoms in total. The highest BCUT2D eigenvalue weighted by molar-refractivity contribution is 6.20. The number of anilines is 3. The Labute approximate surface area is 321 Å². The Morgan fingerprint density at radius 2 is 1.07 bits per heavy atom. The van der Waals surface area contributed by atoms with Crippen LogP contribution in [0.25, 0.3) is 71.3 Å². The average Bonchev–Trinajstić information content (AvgIpc) is 3.68. The van der Waals surface area contributed by atoms with Gasteiger partial charge in [0.2, 0.25) is 0 Å². The van der Waals surface area contributed by atoms with Crippen LogP contribution in [0, 0.1) is 0 Å². The van der Waals surface area contributed by atoms with Gasteiger partial charge in [-0.05, 0) is 110 Å². The summed E-state index contributed by atoms with van der Waals surface area (Å²) in [5.74, 6) is 0. The second kappa shape index (κ2) is 12.1. The normalized spacial score (nSPS) is 13.1. The lowest BCUT2D eigenvalue weighted by Crippen LogP contribution is -2.16. The molecule has 10 aromatic rings. The smallest absolute Gasteiger partial charge is 0.0547 e. The molecule has 0 N–H and O–H groups in total. The van der Waals surface area contributed by atoms with Gasteiger partial charge >= 0.3 is 0 Å². The summed E-state index contributed by atoms with van der Waals surface area (Å²) in [5, 5.41) is 7.47. The van der Waals surface area contributed by atoms with Crippen LogP contribution in [-0.4, -0.2) is 4.57 Å². The predicted molar refractivity (Wildman–Crippen MR) is 233 cm³/mol. The number of hydrogen-bond acceptors (Lipinski definition) is 1. The number of aromatic nitrogens is 1. The summed E-state index contributed by atoms with van der Waals surface area (Å²) in [6.07, 6.45) is 0. The van der Waals surface area contributed by atoms with Crippen molar-refractivity contribution in [3.05, 3.63) is 205 Å². The molecule has 1 aromatic heterocycles. The molecule has 1 aliphatic carbocycles. The van der Waals surface area contributed by atoms with Crippen molar-refractivity contribution in [1.29, 1.82) is 0 Å². The van der Waals surface area contributed by atoms with Crippen molar-refractivity contribution >= 4 is 60.4 Å². The van der Waals surface area contributed by atoms with Crippen LogP contribution in [0.3, 0.4) is 0 Å². The lowest BCUT2D eigenvalue weighted by molar-refractivity contribution is 0.660. The van der Waals surface area contributed by atoms with E-state index in [0.29, 0.717) is 0 Å². The van der Waals surface area contributed by atoms with Crippen LogP contribution in [-0.2, 0) is 5.41 Å². The Morgan fingerprint density at radius 3 is 1.91 bits per heavy atom. The number of rotatable bonds is 5. The lowest BCUT2D eigenvalue weighted by Gasteiger charge is -2.29. The number of nitrogens with zero attached hydrogens (tertiary/aromatic N) is 2. The van der Waals surface area contributed by atoms with Gasteiger partial charge in [0.25, 0.3) is 0 Å². The third kappa shape index (κ3) is 4.81. The van der Waals surface area contributed by atoms with Gasteiger partial charge in [-0.25, -0.2) is 0 Å². The molecule has 0 fully saturated rings. The largest absolute Gasteiger partial charge is 0.310 e. The van der Waals surface area contributed by atoms with E-state index in [2.05, 4.69) is 217 Å². The van der Waals surface area contributed by atoms with Crippen molar-refractivity contribution in [3.63, 3.8) is 0 Å². The first-order chi connectivity index (χ1) is 27.0. The van der Waals surface area contributed by atoms with Gasteiger partial charge < -0.3 is 9.47 Å². The Bertz CT molecular complexity index is 3100. The molecule has 0 bridgehead atoms. The van der Waals surface area contributed by atoms with Gasteiger partial charge in [0.15, 0.2) is 0 Å². The van der Waals surface area contributed by atoms with E-state index in [0.717, 1.165) is 17.1 Å². The number of hydrogen-bond donors (Lipinski definition) is 0. The summed E-state index contributed by atoms with van der Waals surface area (Å²) in [7, 11) is 0. The SMILES string of the molecule is CC1(C)c2ccccc2-c2ccc(N(c3ccc(-c4ccccc4)cc3)c3cccc4c3ccc3cc5c6ccccc6n(-c6ccccc6)c5cc34)cc21. The fraction of sp³-hybridized carbons (Fsp3) is 0.0566. The zero-order valence-electron chi connectivity index (χ0n) is 30.9. The van der Waals surface area contributed by atoms with Crippen LogP contribution < -0.4 is 4.90 Å². The maximum absolute atomic E-state index is 2.46. The van der Waals surface area contributed by atoms with Crippen molar-refractivity contribution < 1.29 is 0 Å². The summed E-state index contributed by atoms with van der Waals surface area (Å²) < 4.78 is 2.41. The van der Waals surface area contributed by atoms with E-state index >= 15 is 0 Å². The third-order valence-electron chi connectivity index (χ3n) is 12.0. The molecule has 9 aromatic carbocycles. The zero-order valence-corrected chi connectivity index (χ0v) is 30.9. The molecule has 1 aliphatic rings. The summed E-state index contributed by atoms with van der Waals surface area (Å²) in [5.41, 5.74) is 14.8. The van der Waals surface area contributed by atoms with Gasteiger partial charge in [-0.15, -0.1) is 0 Å². The summed E-state index contributed by atoms with van der Waals surface area (Å²) in [6.45, 7) is 4.72. The van der Waals surface area contributed by atoms with Gasteiger partial charge in [-0.3, -0.25) is 0 Å². The lowest BCUT2D eigenvalue weighted by atomic mass is 9.82. The van der Waals surface area contributed by atoms with Gasteiger partial charge in [0.1, 0.15) is 0 Å². The molecule has 0 atom stereocenters. The van der Waals surface area contributed by atoms with Gasteiger partial charge in [0.05, 0.1) is 16.7 Å². The fourth-order valence-corrected chi connectivity index (χ4v) is 9.28. The monoisotopic (exact) mass is 702 g/mol. The molecule has 0 radical (unpaired) electrons. The van der Waals surface area contributed by atoms with Crippen molar-refractivity contribution in [3.8, 4) is 27.9 Å². The Morgan fingerprint density at radius 1 is 0.400 bits per heavy atom. The molecule has 0 aliphatic heterocycles. The quantitative estimate of drug-likeness (QED) is 0.162. The number of para-hydroxylation sites is 2. The second-order valence-electron chi connectivity index (χ2n) is 15.4.